The maximum Gasteiger partial charge on any atom is 0.0768 e. The van der Waals surface area contributed by atoms with Crippen LogP contribution < -0.4 is 0 Å². The second kappa shape index (κ2) is 6.88. The van der Waals surface area contributed by atoms with E-state index < -0.39 is 0 Å². The monoisotopic (exact) mass is 281 g/mol. The minimum absolute atomic E-state index is 0.282. The number of morpholine rings is 1. The van der Waals surface area contributed by atoms with E-state index in [1.165, 1.54) is 11.1 Å². The Bertz CT molecular complexity index is 540. The topological polar surface area (TPSA) is 12.5 Å². The standard InChI is InChI=1S/C19H23NO/c1-16(18-10-6-3-7-11-18)19-15-20(12-13-21-19)14-17-8-4-2-5-9-17/h2-11,16,19H,12-15H2,1H3. The third kappa shape index (κ3) is 3.72. The van der Waals surface area contributed by atoms with Crippen LogP contribution in [0.2, 0.25) is 0 Å². The maximum absolute atomic E-state index is 6.02. The highest BCUT2D eigenvalue weighted by Crippen LogP contribution is 2.24. The summed E-state index contributed by atoms with van der Waals surface area (Å²) in [6.45, 7) is 6.14. The molecule has 0 aliphatic carbocycles. The Balaban J connectivity index is 1.63. The second-order valence-corrected chi connectivity index (χ2v) is 5.83. The first-order chi connectivity index (χ1) is 10.3. The minimum Gasteiger partial charge on any atom is -0.375 e. The summed E-state index contributed by atoms with van der Waals surface area (Å²) in [4.78, 5) is 2.50. The maximum atomic E-state index is 6.02. The van der Waals surface area contributed by atoms with Gasteiger partial charge in [0, 0.05) is 25.6 Å². The van der Waals surface area contributed by atoms with Crippen LogP contribution in [-0.4, -0.2) is 30.7 Å². The summed E-state index contributed by atoms with van der Waals surface area (Å²) in [5, 5.41) is 0. The minimum atomic E-state index is 0.282. The summed E-state index contributed by atoms with van der Waals surface area (Å²) in [5.41, 5.74) is 2.74. The molecule has 2 heteroatoms. The van der Waals surface area contributed by atoms with E-state index in [1.54, 1.807) is 0 Å². The molecule has 1 fully saturated rings. The number of nitrogens with zero attached hydrogens (tertiary/aromatic N) is 1. The first kappa shape index (κ1) is 14.3. The van der Waals surface area contributed by atoms with E-state index in [4.69, 9.17) is 4.74 Å². The van der Waals surface area contributed by atoms with Gasteiger partial charge in [-0.1, -0.05) is 67.6 Å². The summed E-state index contributed by atoms with van der Waals surface area (Å²) in [7, 11) is 0. The molecule has 3 rings (SSSR count). The van der Waals surface area contributed by atoms with Crippen molar-refractivity contribution in [2.75, 3.05) is 19.7 Å². The van der Waals surface area contributed by atoms with Crippen molar-refractivity contribution >= 4 is 0 Å². The van der Waals surface area contributed by atoms with Gasteiger partial charge in [-0.2, -0.15) is 0 Å². The summed E-state index contributed by atoms with van der Waals surface area (Å²) < 4.78 is 6.02. The van der Waals surface area contributed by atoms with Gasteiger partial charge in [-0.25, -0.2) is 0 Å². The molecule has 1 aliphatic heterocycles. The molecule has 0 saturated carbocycles. The first-order valence-electron chi connectivity index (χ1n) is 7.76. The zero-order valence-electron chi connectivity index (χ0n) is 12.6. The quantitative estimate of drug-likeness (QED) is 0.847. The lowest BCUT2D eigenvalue weighted by molar-refractivity contribution is -0.0418. The smallest absolute Gasteiger partial charge is 0.0768 e. The van der Waals surface area contributed by atoms with Crippen molar-refractivity contribution in [3.05, 3.63) is 71.8 Å². The molecule has 0 spiro atoms. The molecule has 2 atom stereocenters. The number of rotatable bonds is 4. The van der Waals surface area contributed by atoms with Crippen molar-refractivity contribution in [3.63, 3.8) is 0 Å². The van der Waals surface area contributed by atoms with E-state index in [0.29, 0.717) is 5.92 Å². The fourth-order valence-corrected chi connectivity index (χ4v) is 2.99. The number of hydrogen-bond donors (Lipinski definition) is 0. The highest BCUT2D eigenvalue weighted by Gasteiger charge is 2.26. The first-order valence-corrected chi connectivity index (χ1v) is 7.76. The van der Waals surface area contributed by atoms with Crippen LogP contribution in [0, 0.1) is 0 Å². The van der Waals surface area contributed by atoms with E-state index in [-0.39, 0.29) is 6.10 Å². The van der Waals surface area contributed by atoms with Crippen molar-refractivity contribution in [2.24, 2.45) is 0 Å². The molecule has 1 heterocycles. The summed E-state index contributed by atoms with van der Waals surface area (Å²) in [6.07, 6.45) is 0.282. The lowest BCUT2D eigenvalue weighted by Crippen LogP contribution is -2.44. The fraction of sp³-hybridized carbons (Fsp3) is 0.368. The molecule has 2 unspecified atom stereocenters. The van der Waals surface area contributed by atoms with Gasteiger partial charge in [0.05, 0.1) is 12.7 Å². The predicted octanol–water partition coefficient (Wildman–Crippen LogP) is 3.69. The summed E-state index contributed by atoms with van der Waals surface area (Å²) in [5.74, 6) is 0.435. The Hall–Kier alpha value is -1.64. The van der Waals surface area contributed by atoms with Gasteiger partial charge in [-0.05, 0) is 11.1 Å². The van der Waals surface area contributed by atoms with Gasteiger partial charge >= 0.3 is 0 Å². The van der Waals surface area contributed by atoms with Crippen molar-refractivity contribution in [3.8, 4) is 0 Å². The van der Waals surface area contributed by atoms with E-state index >= 15 is 0 Å². The second-order valence-electron chi connectivity index (χ2n) is 5.83. The highest BCUT2D eigenvalue weighted by atomic mass is 16.5. The van der Waals surface area contributed by atoms with Crippen LogP contribution in [0.3, 0.4) is 0 Å². The molecule has 1 saturated heterocycles. The van der Waals surface area contributed by atoms with Crippen LogP contribution >= 0.6 is 0 Å². The molecule has 2 nitrogen and oxygen atoms in total. The van der Waals surface area contributed by atoms with Crippen LogP contribution in [0.15, 0.2) is 60.7 Å². The third-order valence-electron chi connectivity index (χ3n) is 4.31. The number of benzene rings is 2. The summed E-state index contributed by atoms with van der Waals surface area (Å²) >= 11 is 0. The van der Waals surface area contributed by atoms with Gasteiger partial charge in [0.25, 0.3) is 0 Å². The van der Waals surface area contributed by atoms with Gasteiger partial charge in [0.15, 0.2) is 0 Å². The van der Waals surface area contributed by atoms with Crippen molar-refractivity contribution in [1.82, 2.24) is 4.90 Å². The van der Waals surface area contributed by atoms with Gasteiger partial charge in [0.1, 0.15) is 0 Å². The van der Waals surface area contributed by atoms with Crippen LogP contribution in [0.4, 0.5) is 0 Å². The molecule has 21 heavy (non-hydrogen) atoms. The Labute approximate surface area is 127 Å². The van der Waals surface area contributed by atoms with Crippen LogP contribution in [0.25, 0.3) is 0 Å². The van der Waals surface area contributed by atoms with E-state index in [9.17, 15) is 0 Å². The van der Waals surface area contributed by atoms with Crippen LogP contribution in [-0.2, 0) is 11.3 Å². The zero-order chi connectivity index (χ0) is 14.5. The molecule has 110 valence electrons. The average molecular weight is 281 g/mol. The molecular formula is C19H23NO. The molecular weight excluding hydrogens is 258 g/mol. The third-order valence-corrected chi connectivity index (χ3v) is 4.31. The molecule has 0 radical (unpaired) electrons. The fourth-order valence-electron chi connectivity index (χ4n) is 2.99. The van der Waals surface area contributed by atoms with E-state index in [1.807, 2.05) is 0 Å². The van der Waals surface area contributed by atoms with Crippen molar-refractivity contribution < 1.29 is 4.74 Å². The lowest BCUT2D eigenvalue weighted by Gasteiger charge is -2.36. The molecule has 0 N–H and O–H groups in total. The number of hydrogen-bond acceptors (Lipinski definition) is 2. The molecule has 0 amide bonds. The normalized spacial score (nSPS) is 21.1. The van der Waals surface area contributed by atoms with Gasteiger partial charge in [0.2, 0.25) is 0 Å². The molecule has 2 aromatic carbocycles. The predicted molar refractivity (Wildman–Crippen MR) is 86.3 cm³/mol. The zero-order valence-corrected chi connectivity index (χ0v) is 12.6. The number of ether oxygens (including phenoxy) is 1. The summed E-state index contributed by atoms with van der Waals surface area (Å²) in [6, 6.07) is 21.4. The molecule has 0 bridgehead atoms. The molecule has 1 aliphatic rings. The van der Waals surface area contributed by atoms with Gasteiger partial charge in [-0.15, -0.1) is 0 Å². The SMILES string of the molecule is CC(c1ccccc1)C1CN(Cc2ccccc2)CCO1. The van der Waals surface area contributed by atoms with E-state index in [2.05, 4.69) is 72.5 Å². The van der Waals surface area contributed by atoms with Gasteiger partial charge < -0.3 is 4.74 Å². The van der Waals surface area contributed by atoms with E-state index in [0.717, 1.165) is 26.2 Å². The molecule has 0 aromatic heterocycles. The highest BCUT2D eigenvalue weighted by molar-refractivity contribution is 5.20. The Morgan fingerprint density at radius 2 is 1.71 bits per heavy atom. The average Bonchev–Trinajstić information content (AvgIpc) is 2.56. The van der Waals surface area contributed by atoms with Crippen LogP contribution in [0.5, 0.6) is 0 Å². The van der Waals surface area contributed by atoms with Crippen molar-refractivity contribution in [2.45, 2.75) is 25.5 Å². The Kier molecular flexibility index (Phi) is 4.69. The van der Waals surface area contributed by atoms with Gasteiger partial charge in [-0.3, -0.25) is 4.90 Å². The molecule has 2 aromatic rings. The lowest BCUT2D eigenvalue weighted by atomic mass is 9.94. The Morgan fingerprint density at radius 1 is 1.05 bits per heavy atom. The Morgan fingerprint density at radius 3 is 2.43 bits per heavy atom. The van der Waals surface area contributed by atoms with Crippen molar-refractivity contribution in [1.29, 1.82) is 0 Å². The van der Waals surface area contributed by atoms with Crippen LogP contribution in [0.1, 0.15) is 24.0 Å². The largest absolute Gasteiger partial charge is 0.375 e.